The Morgan fingerprint density at radius 2 is 2.00 bits per heavy atom. The van der Waals surface area contributed by atoms with Crippen molar-refractivity contribution in [2.24, 2.45) is 5.92 Å². The summed E-state index contributed by atoms with van der Waals surface area (Å²) in [6, 6.07) is 5.36. The Hall–Kier alpha value is -2.17. The van der Waals surface area contributed by atoms with Gasteiger partial charge in [-0.1, -0.05) is 0 Å². The fraction of sp³-hybridized carbons (Fsp3) is 0.500. The van der Waals surface area contributed by atoms with E-state index >= 15 is 0 Å². The topological polar surface area (TPSA) is 125 Å². The average molecular weight is 385 g/mol. The lowest BCUT2D eigenvalue weighted by atomic mass is 9.99. The molecule has 10 heteroatoms. The number of hydrogen-bond acceptors (Lipinski definition) is 5. The first-order valence-electron chi connectivity index (χ1n) is 8.21. The fourth-order valence-electron chi connectivity index (χ4n) is 2.64. The minimum atomic E-state index is -3.63. The fourth-order valence-corrected chi connectivity index (χ4v) is 3.66. The number of amides is 2. The van der Waals surface area contributed by atoms with Crippen molar-refractivity contribution in [1.82, 2.24) is 9.62 Å². The van der Waals surface area contributed by atoms with Crippen LogP contribution in [0.25, 0.3) is 0 Å². The van der Waals surface area contributed by atoms with Crippen molar-refractivity contribution in [1.29, 1.82) is 0 Å². The Morgan fingerprint density at radius 3 is 2.62 bits per heavy atom. The molecule has 1 aliphatic heterocycles. The van der Waals surface area contributed by atoms with Gasteiger partial charge in [-0.25, -0.2) is 17.9 Å². The van der Waals surface area contributed by atoms with Crippen molar-refractivity contribution in [2.75, 3.05) is 38.7 Å². The van der Waals surface area contributed by atoms with E-state index < -0.39 is 27.9 Å². The molecule has 0 bridgehead atoms. The van der Waals surface area contributed by atoms with E-state index in [4.69, 9.17) is 9.84 Å². The van der Waals surface area contributed by atoms with Crippen LogP contribution in [0.3, 0.4) is 0 Å². The first-order valence-corrected chi connectivity index (χ1v) is 9.69. The summed E-state index contributed by atoms with van der Waals surface area (Å²) in [6.45, 7) is 1.08. The Balaban J connectivity index is 1.96. The molecule has 0 aliphatic carbocycles. The Kier molecular flexibility index (Phi) is 6.95. The predicted octanol–water partition coefficient (Wildman–Crippen LogP) is 0.940. The number of urea groups is 1. The lowest BCUT2D eigenvalue weighted by molar-refractivity contribution is -0.143. The van der Waals surface area contributed by atoms with Gasteiger partial charge in [-0.3, -0.25) is 4.79 Å². The SMILES string of the molecule is COCCNS(=O)(=O)c1ccc(NC(=O)N2CCCC(C(=O)O)C2)cc1. The second kappa shape index (κ2) is 8.97. The number of likely N-dealkylation sites (tertiary alicyclic amines) is 1. The van der Waals surface area contributed by atoms with Crippen LogP contribution >= 0.6 is 0 Å². The predicted molar refractivity (Wildman–Crippen MR) is 94.5 cm³/mol. The van der Waals surface area contributed by atoms with Gasteiger partial charge in [0.2, 0.25) is 10.0 Å². The standard InChI is InChI=1S/C16H23N3O6S/c1-25-10-8-17-26(23,24)14-6-4-13(5-7-14)18-16(22)19-9-2-3-12(11-19)15(20)21/h4-7,12,17H,2-3,8-11H2,1H3,(H,18,22)(H,20,21). The number of carboxylic acid groups (broad SMARTS) is 1. The number of sulfonamides is 1. The molecule has 1 unspecified atom stereocenters. The van der Waals surface area contributed by atoms with Crippen LogP contribution in [0.2, 0.25) is 0 Å². The van der Waals surface area contributed by atoms with Crippen molar-refractivity contribution in [2.45, 2.75) is 17.7 Å². The summed E-state index contributed by atoms with van der Waals surface area (Å²) in [4.78, 5) is 24.9. The normalized spacial score (nSPS) is 17.7. The zero-order valence-electron chi connectivity index (χ0n) is 14.5. The largest absolute Gasteiger partial charge is 0.481 e. The molecule has 1 fully saturated rings. The summed E-state index contributed by atoms with van der Waals surface area (Å²) in [5.41, 5.74) is 0.434. The summed E-state index contributed by atoms with van der Waals surface area (Å²) >= 11 is 0. The second-order valence-corrected chi connectivity index (χ2v) is 7.74. The van der Waals surface area contributed by atoms with Crippen LogP contribution in [0.1, 0.15) is 12.8 Å². The number of carboxylic acids is 1. The number of rotatable bonds is 7. The molecule has 1 aliphatic rings. The van der Waals surface area contributed by atoms with E-state index in [0.717, 1.165) is 0 Å². The van der Waals surface area contributed by atoms with Gasteiger partial charge in [0.05, 0.1) is 17.4 Å². The molecule has 0 aromatic heterocycles. The van der Waals surface area contributed by atoms with Gasteiger partial charge in [0.25, 0.3) is 0 Å². The van der Waals surface area contributed by atoms with Crippen LogP contribution in [0.4, 0.5) is 10.5 Å². The molecule has 0 saturated carbocycles. The van der Waals surface area contributed by atoms with Gasteiger partial charge in [0.15, 0.2) is 0 Å². The molecule has 0 spiro atoms. The quantitative estimate of drug-likeness (QED) is 0.600. The van der Waals surface area contributed by atoms with E-state index in [-0.39, 0.29) is 24.6 Å². The number of anilines is 1. The zero-order valence-corrected chi connectivity index (χ0v) is 15.3. The maximum Gasteiger partial charge on any atom is 0.321 e. The maximum atomic E-state index is 12.3. The highest BCUT2D eigenvalue weighted by Crippen LogP contribution is 2.19. The van der Waals surface area contributed by atoms with E-state index in [9.17, 15) is 18.0 Å². The molecule has 1 heterocycles. The number of ether oxygens (including phenoxy) is 1. The first kappa shape index (κ1) is 20.1. The lowest BCUT2D eigenvalue weighted by Crippen LogP contribution is -2.44. The number of methoxy groups -OCH3 is 1. The number of hydrogen-bond donors (Lipinski definition) is 3. The van der Waals surface area contributed by atoms with Crippen molar-refractivity contribution < 1.29 is 27.9 Å². The maximum absolute atomic E-state index is 12.3. The van der Waals surface area contributed by atoms with Crippen LogP contribution in [0.5, 0.6) is 0 Å². The first-order chi connectivity index (χ1) is 12.3. The third-order valence-corrected chi connectivity index (χ3v) is 5.55. The molecule has 2 amide bonds. The van der Waals surface area contributed by atoms with Gasteiger partial charge >= 0.3 is 12.0 Å². The van der Waals surface area contributed by atoms with Crippen LogP contribution in [-0.4, -0.2) is 63.8 Å². The van der Waals surface area contributed by atoms with E-state index in [1.54, 1.807) is 0 Å². The van der Waals surface area contributed by atoms with Crippen molar-refractivity contribution in [3.05, 3.63) is 24.3 Å². The van der Waals surface area contributed by atoms with E-state index in [1.807, 2.05) is 0 Å². The van der Waals surface area contributed by atoms with Crippen molar-refractivity contribution in [3.8, 4) is 0 Å². The summed E-state index contributed by atoms with van der Waals surface area (Å²) in [5, 5.41) is 11.7. The van der Waals surface area contributed by atoms with Gasteiger partial charge in [0.1, 0.15) is 0 Å². The number of nitrogens with one attached hydrogen (secondary N) is 2. The molecule has 1 atom stereocenters. The van der Waals surface area contributed by atoms with E-state index in [0.29, 0.717) is 25.1 Å². The van der Waals surface area contributed by atoms with Crippen LogP contribution in [0.15, 0.2) is 29.2 Å². The van der Waals surface area contributed by atoms with Crippen molar-refractivity contribution in [3.63, 3.8) is 0 Å². The summed E-state index contributed by atoms with van der Waals surface area (Å²) < 4.78 is 31.3. The Bertz CT molecular complexity index is 735. The molecule has 9 nitrogen and oxygen atoms in total. The molecule has 3 N–H and O–H groups in total. The van der Waals surface area contributed by atoms with Gasteiger partial charge in [-0.2, -0.15) is 0 Å². The number of benzene rings is 1. The number of nitrogens with zero attached hydrogens (tertiary/aromatic N) is 1. The lowest BCUT2D eigenvalue weighted by Gasteiger charge is -2.30. The summed E-state index contributed by atoms with van der Waals surface area (Å²) in [6.07, 6.45) is 1.19. The Morgan fingerprint density at radius 1 is 1.31 bits per heavy atom. The van der Waals surface area contributed by atoms with Gasteiger partial charge in [0, 0.05) is 32.4 Å². The van der Waals surface area contributed by atoms with E-state index in [1.165, 1.54) is 36.3 Å². The highest BCUT2D eigenvalue weighted by atomic mass is 32.2. The molecule has 1 saturated heterocycles. The average Bonchev–Trinajstić information content (AvgIpc) is 2.62. The third-order valence-electron chi connectivity index (χ3n) is 4.07. The molecule has 0 radical (unpaired) electrons. The second-order valence-electron chi connectivity index (χ2n) is 5.97. The minimum absolute atomic E-state index is 0.0792. The minimum Gasteiger partial charge on any atom is -0.481 e. The molecule has 1 aromatic rings. The van der Waals surface area contributed by atoms with Gasteiger partial charge in [-0.15, -0.1) is 0 Å². The molecule has 144 valence electrons. The third kappa shape index (κ3) is 5.41. The van der Waals surface area contributed by atoms with E-state index in [2.05, 4.69) is 10.0 Å². The van der Waals surface area contributed by atoms with Crippen LogP contribution < -0.4 is 10.0 Å². The highest BCUT2D eigenvalue weighted by Gasteiger charge is 2.28. The summed E-state index contributed by atoms with van der Waals surface area (Å²) in [5.74, 6) is -1.46. The number of aliphatic carboxylic acids is 1. The van der Waals surface area contributed by atoms with Gasteiger partial charge < -0.3 is 20.1 Å². The molecular formula is C16H23N3O6S. The number of carbonyl (C=O) groups is 2. The van der Waals surface area contributed by atoms with Crippen molar-refractivity contribution >= 4 is 27.7 Å². The molecule has 26 heavy (non-hydrogen) atoms. The number of piperidine rings is 1. The van der Waals surface area contributed by atoms with Crippen LogP contribution in [-0.2, 0) is 19.6 Å². The highest BCUT2D eigenvalue weighted by molar-refractivity contribution is 7.89. The molecule has 1 aromatic carbocycles. The molecule has 2 rings (SSSR count). The molecular weight excluding hydrogens is 362 g/mol. The zero-order chi connectivity index (χ0) is 19.2. The van der Waals surface area contributed by atoms with Gasteiger partial charge in [-0.05, 0) is 37.1 Å². The Labute approximate surface area is 152 Å². The van der Waals surface area contributed by atoms with Crippen LogP contribution in [0, 0.1) is 5.92 Å². The monoisotopic (exact) mass is 385 g/mol. The smallest absolute Gasteiger partial charge is 0.321 e. The summed E-state index contributed by atoms with van der Waals surface area (Å²) in [7, 11) is -2.15. The number of carbonyl (C=O) groups excluding carboxylic acids is 1.